The Balaban J connectivity index is 1.82. The predicted octanol–water partition coefficient (Wildman–Crippen LogP) is 2.79. The number of benzene rings is 1. The van der Waals surface area contributed by atoms with Gasteiger partial charge in [-0.15, -0.1) is 0 Å². The lowest BCUT2D eigenvalue weighted by molar-refractivity contribution is -0.145. The van der Waals surface area contributed by atoms with Crippen molar-refractivity contribution in [3.63, 3.8) is 0 Å². The van der Waals surface area contributed by atoms with E-state index in [4.69, 9.17) is 16.3 Å². The molecule has 3 heteroatoms. The number of ether oxygens (including phenoxy) is 1. The Hall–Kier alpha value is -1.02. The second-order valence-corrected chi connectivity index (χ2v) is 4.95. The zero-order valence-corrected chi connectivity index (χ0v) is 9.83. The molecule has 2 aliphatic carbocycles. The molecule has 1 aromatic rings. The first kappa shape index (κ1) is 10.2. The highest BCUT2D eigenvalue weighted by Gasteiger charge is 2.60. The molecule has 16 heavy (non-hydrogen) atoms. The minimum atomic E-state index is -0.0295. The largest absolute Gasteiger partial charge is 0.466 e. The van der Waals surface area contributed by atoms with Crippen molar-refractivity contribution in [1.82, 2.24) is 0 Å². The van der Waals surface area contributed by atoms with Crippen molar-refractivity contribution in [3.8, 4) is 0 Å². The summed E-state index contributed by atoms with van der Waals surface area (Å²) in [6.07, 6.45) is 0.976. The molecule has 3 rings (SSSR count). The van der Waals surface area contributed by atoms with Gasteiger partial charge >= 0.3 is 5.97 Å². The number of hydrogen-bond acceptors (Lipinski definition) is 2. The van der Waals surface area contributed by atoms with Gasteiger partial charge in [-0.05, 0) is 42.5 Å². The van der Waals surface area contributed by atoms with Gasteiger partial charge in [0.15, 0.2) is 0 Å². The van der Waals surface area contributed by atoms with Crippen molar-refractivity contribution in [2.24, 2.45) is 11.8 Å². The first-order valence-electron chi connectivity index (χ1n) is 5.67. The lowest BCUT2D eigenvalue weighted by Crippen LogP contribution is -2.10. The summed E-state index contributed by atoms with van der Waals surface area (Å²) in [5.74, 6) is 0.936. The summed E-state index contributed by atoms with van der Waals surface area (Å²) < 4.78 is 5.08. The number of carbonyl (C=O) groups is 1. The third-order valence-electron chi connectivity index (χ3n) is 3.65. The van der Waals surface area contributed by atoms with Crippen molar-refractivity contribution in [3.05, 3.63) is 34.3 Å². The van der Waals surface area contributed by atoms with Gasteiger partial charge in [0.05, 0.1) is 12.5 Å². The topological polar surface area (TPSA) is 26.3 Å². The Labute approximate surface area is 99.6 Å². The highest BCUT2D eigenvalue weighted by molar-refractivity contribution is 6.30. The molecule has 2 aliphatic rings. The summed E-state index contributed by atoms with van der Waals surface area (Å²) in [5.41, 5.74) is 2.61. The van der Waals surface area contributed by atoms with E-state index in [2.05, 4.69) is 6.07 Å². The fraction of sp³-hybridized carbons (Fsp3) is 0.462. The number of rotatable bonds is 2. The van der Waals surface area contributed by atoms with Gasteiger partial charge in [0, 0.05) is 10.9 Å². The summed E-state index contributed by atoms with van der Waals surface area (Å²) in [6.45, 7) is 2.33. The minimum Gasteiger partial charge on any atom is -0.466 e. The molecule has 0 N–H and O–H groups in total. The van der Waals surface area contributed by atoms with Crippen molar-refractivity contribution >= 4 is 17.6 Å². The van der Waals surface area contributed by atoms with Crippen molar-refractivity contribution in [1.29, 1.82) is 0 Å². The molecule has 0 heterocycles. The van der Waals surface area contributed by atoms with E-state index in [1.165, 1.54) is 11.1 Å². The molecule has 0 spiro atoms. The first-order chi connectivity index (χ1) is 7.72. The standard InChI is InChI=1S/C13H13ClO2/c1-2-16-13(15)12-10-6-7-5-8(14)3-4-9(7)11(10)12/h3-5,10-12H,2,6H2,1H3. The normalized spacial score (nSPS) is 29.5. The Bertz CT molecular complexity index is 455. The lowest BCUT2D eigenvalue weighted by atomic mass is 10.0. The van der Waals surface area contributed by atoms with E-state index in [0.717, 1.165) is 11.4 Å². The minimum absolute atomic E-state index is 0.0295. The predicted molar refractivity (Wildman–Crippen MR) is 61.5 cm³/mol. The molecule has 0 saturated heterocycles. The third-order valence-corrected chi connectivity index (χ3v) is 3.88. The lowest BCUT2D eigenvalue weighted by Gasteiger charge is -2.07. The van der Waals surface area contributed by atoms with E-state index in [-0.39, 0.29) is 11.9 Å². The van der Waals surface area contributed by atoms with Crippen molar-refractivity contribution in [2.75, 3.05) is 6.61 Å². The molecular weight excluding hydrogens is 224 g/mol. The van der Waals surface area contributed by atoms with E-state index in [0.29, 0.717) is 18.4 Å². The summed E-state index contributed by atoms with van der Waals surface area (Å²) in [6, 6.07) is 5.98. The molecule has 1 aromatic carbocycles. The number of carbonyl (C=O) groups excluding carboxylic acids is 1. The fourth-order valence-corrected chi connectivity index (χ4v) is 3.14. The van der Waals surface area contributed by atoms with Crippen LogP contribution in [0.4, 0.5) is 0 Å². The molecular formula is C13H13ClO2. The van der Waals surface area contributed by atoms with Gasteiger partial charge in [0.2, 0.25) is 0 Å². The Kier molecular flexibility index (Phi) is 2.21. The van der Waals surface area contributed by atoms with Gasteiger partial charge < -0.3 is 4.74 Å². The van der Waals surface area contributed by atoms with Gasteiger partial charge in [-0.3, -0.25) is 4.79 Å². The molecule has 84 valence electrons. The molecule has 1 saturated carbocycles. The van der Waals surface area contributed by atoms with Crippen LogP contribution in [0.25, 0.3) is 0 Å². The molecule has 0 aliphatic heterocycles. The van der Waals surface area contributed by atoms with Gasteiger partial charge in [-0.25, -0.2) is 0 Å². The number of halogens is 1. The maximum Gasteiger partial charge on any atom is 0.309 e. The van der Waals surface area contributed by atoms with Gasteiger partial charge in [-0.1, -0.05) is 17.7 Å². The van der Waals surface area contributed by atoms with Crippen LogP contribution in [0.15, 0.2) is 18.2 Å². The Morgan fingerprint density at radius 3 is 3.12 bits per heavy atom. The number of esters is 1. The monoisotopic (exact) mass is 236 g/mol. The first-order valence-corrected chi connectivity index (χ1v) is 6.05. The maximum atomic E-state index is 11.6. The zero-order valence-electron chi connectivity index (χ0n) is 9.07. The van der Waals surface area contributed by atoms with Crippen LogP contribution in [0, 0.1) is 11.8 Å². The molecule has 2 nitrogen and oxygen atoms in total. The average Bonchev–Trinajstić information content (AvgIpc) is 2.82. The van der Waals surface area contributed by atoms with Gasteiger partial charge in [-0.2, -0.15) is 0 Å². The highest BCUT2D eigenvalue weighted by atomic mass is 35.5. The van der Waals surface area contributed by atoms with Crippen molar-refractivity contribution in [2.45, 2.75) is 19.3 Å². The highest BCUT2D eigenvalue weighted by Crippen LogP contribution is 2.61. The summed E-state index contributed by atoms with van der Waals surface area (Å²) in [7, 11) is 0. The second kappa shape index (κ2) is 3.49. The Morgan fingerprint density at radius 2 is 2.38 bits per heavy atom. The fourth-order valence-electron chi connectivity index (χ4n) is 2.94. The molecule has 0 aromatic heterocycles. The SMILES string of the molecule is CCOC(=O)C1C2Cc3cc(Cl)ccc3C21. The summed E-state index contributed by atoms with van der Waals surface area (Å²) in [5, 5.41) is 0.785. The van der Waals surface area contributed by atoms with Crippen molar-refractivity contribution < 1.29 is 9.53 Å². The summed E-state index contributed by atoms with van der Waals surface area (Å²) >= 11 is 5.94. The van der Waals surface area contributed by atoms with Crippen LogP contribution in [0.5, 0.6) is 0 Å². The maximum absolute atomic E-state index is 11.6. The molecule has 0 radical (unpaired) electrons. The molecule has 3 atom stereocenters. The van der Waals surface area contributed by atoms with Gasteiger partial charge in [0.25, 0.3) is 0 Å². The zero-order chi connectivity index (χ0) is 11.3. The quantitative estimate of drug-likeness (QED) is 0.739. The second-order valence-electron chi connectivity index (χ2n) is 4.51. The molecule has 0 amide bonds. The van der Waals surface area contributed by atoms with Gasteiger partial charge in [0.1, 0.15) is 0 Å². The van der Waals surface area contributed by atoms with E-state index in [9.17, 15) is 4.79 Å². The average molecular weight is 237 g/mol. The smallest absolute Gasteiger partial charge is 0.309 e. The Morgan fingerprint density at radius 1 is 1.56 bits per heavy atom. The molecule has 0 bridgehead atoms. The van der Waals surface area contributed by atoms with E-state index in [1.54, 1.807) is 0 Å². The molecule has 3 unspecified atom stereocenters. The van der Waals surface area contributed by atoms with Crippen LogP contribution in [0.1, 0.15) is 24.0 Å². The van der Waals surface area contributed by atoms with Crippen LogP contribution in [-0.2, 0) is 16.0 Å². The van der Waals surface area contributed by atoms with E-state index in [1.807, 2.05) is 19.1 Å². The third kappa shape index (κ3) is 1.36. The molecule has 1 fully saturated rings. The van der Waals surface area contributed by atoms with Crippen LogP contribution in [0.3, 0.4) is 0 Å². The van der Waals surface area contributed by atoms with Crippen LogP contribution >= 0.6 is 11.6 Å². The van der Waals surface area contributed by atoms with Crippen LogP contribution < -0.4 is 0 Å². The van der Waals surface area contributed by atoms with Crippen LogP contribution in [0.2, 0.25) is 5.02 Å². The van der Waals surface area contributed by atoms with E-state index < -0.39 is 0 Å². The summed E-state index contributed by atoms with van der Waals surface area (Å²) in [4.78, 5) is 11.6. The number of hydrogen-bond donors (Lipinski definition) is 0. The van der Waals surface area contributed by atoms with Crippen LogP contribution in [-0.4, -0.2) is 12.6 Å². The number of fused-ring (bicyclic) bond motifs is 3. The van der Waals surface area contributed by atoms with E-state index >= 15 is 0 Å².